The van der Waals surface area contributed by atoms with Crippen LogP contribution in [0.3, 0.4) is 0 Å². The molecule has 0 amide bonds. The van der Waals surface area contributed by atoms with E-state index in [2.05, 4.69) is 37.3 Å². The topological polar surface area (TPSA) is 76.4 Å². The van der Waals surface area contributed by atoms with Gasteiger partial charge in [0.2, 0.25) is 0 Å². The van der Waals surface area contributed by atoms with Crippen LogP contribution in [-0.4, -0.2) is 53.6 Å². The van der Waals surface area contributed by atoms with Crippen molar-refractivity contribution < 1.29 is 4.74 Å². The monoisotopic (exact) mass is 478 g/mol. The Kier molecular flexibility index (Phi) is 12.6. The van der Waals surface area contributed by atoms with E-state index in [0.717, 1.165) is 76.9 Å². The second-order valence-corrected chi connectivity index (χ2v) is 6.34. The highest BCUT2D eigenvalue weighted by atomic mass is 127. The molecule has 1 aliphatic rings. The lowest BCUT2D eigenvalue weighted by Gasteiger charge is -2.11. The second kappa shape index (κ2) is 14.2. The molecule has 7 nitrogen and oxygen atoms in total. The average Bonchev–Trinajstić information content (AvgIpc) is 2.85. The van der Waals surface area contributed by atoms with Gasteiger partial charge in [-0.2, -0.15) is 0 Å². The van der Waals surface area contributed by atoms with Gasteiger partial charge < -0.3 is 19.9 Å². The third-order valence-corrected chi connectivity index (χ3v) is 4.32. The molecule has 2 heterocycles. The summed E-state index contributed by atoms with van der Waals surface area (Å²) in [6, 6.07) is 0. The fraction of sp³-hybridized carbons (Fsp3) is 0.833. The first-order valence-electron chi connectivity index (χ1n) is 9.86. The van der Waals surface area contributed by atoms with E-state index in [1.165, 1.54) is 25.1 Å². The highest BCUT2D eigenvalue weighted by molar-refractivity contribution is 14.0. The Hall–Kier alpha value is -0.900. The van der Waals surface area contributed by atoms with Crippen molar-refractivity contribution in [1.29, 1.82) is 0 Å². The van der Waals surface area contributed by atoms with E-state index in [0.29, 0.717) is 0 Å². The zero-order valence-corrected chi connectivity index (χ0v) is 18.6. The molecular formula is C18H35IN6O. The summed E-state index contributed by atoms with van der Waals surface area (Å²) in [6.45, 7) is 9.30. The van der Waals surface area contributed by atoms with Crippen LogP contribution in [0.25, 0.3) is 0 Å². The van der Waals surface area contributed by atoms with Crippen molar-refractivity contribution in [1.82, 2.24) is 25.4 Å². The Balaban J connectivity index is 0.00000338. The van der Waals surface area contributed by atoms with Crippen molar-refractivity contribution in [3.8, 4) is 0 Å². The normalized spacial score (nSPS) is 14.3. The number of aromatic nitrogens is 3. The third kappa shape index (κ3) is 8.20. The number of halogens is 1. The molecule has 0 aromatic carbocycles. The molecular weight excluding hydrogens is 443 g/mol. The van der Waals surface area contributed by atoms with Crippen LogP contribution in [0.4, 0.5) is 0 Å². The number of aryl methyl sites for hydroxylation is 2. The van der Waals surface area contributed by atoms with E-state index in [-0.39, 0.29) is 24.0 Å². The van der Waals surface area contributed by atoms with Crippen molar-refractivity contribution in [3.63, 3.8) is 0 Å². The highest BCUT2D eigenvalue weighted by Gasteiger charge is 2.13. The summed E-state index contributed by atoms with van der Waals surface area (Å²) in [6.07, 6.45) is 7.78. The van der Waals surface area contributed by atoms with Crippen molar-refractivity contribution in [3.05, 3.63) is 11.6 Å². The minimum Gasteiger partial charge on any atom is -0.382 e. The molecule has 2 N–H and O–H groups in total. The molecule has 2 rings (SSSR count). The number of hydrogen-bond acceptors (Lipinski definition) is 4. The molecule has 0 fully saturated rings. The van der Waals surface area contributed by atoms with Gasteiger partial charge in [-0.1, -0.05) is 6.42 Å². The molecule has 0 saturated heterocycles. The van der Waals surface area contributed by atoms with Crippen LogP contribution in [0.1, 0.15) is 57.6 Å². The summed E-state index contributed by atoms with van der Waals surface area (Å²) < 4.78 is 7.68. The second-order valence-electron chi connectivity index (χ2n) is 6.34. The van der Waals surface area contributed by atoms with Gasteiger partial charge in [-0.05, 0) is 39.5 Å². The van der Waals surface area contributed by atoms with Crippen LogP contribution < -0.4 is 10.6 Å². The fourth-order valence-electron chi connectivity index (χ4n) is 3.03. The van der Waals surface area contributed by atoms with Gasteiger partial charge in [-0.15, -0.1) is 34.2 Å². The van der Waals surface area contributed by atoms with Gasteiger partial charge in [0.1, 0.15) is 11.6 Å². The van der Waals surface area contributed by atoms with Gasteiger partial charge in [0.15, 0.2) is 5.96 Å². The molecule has 1 aromatic rings. The van der Waals surface area contributed by atoms with Crippen LogP contribution in [0.15, 0.2) is 4.99 Å². The zero-order valence-electron chi connectivity index (χ0n) is 16.3. The van der Waals surface area contributed by atoms with E-state index in [9.17, 15) is 0 Å². The van der Waals surface area contributed by atoms with Crippen LogP contribution in [0, 0.1) is 0 Å². The van der Waals surface area contributed by atoms with Crippen molar-refractivity contribution >= 4 is 29.9 Å². The van der Waals surface area contributed by atoms with Crippen LogP contribution in [0.5, 0.6) is 0 Å². The van der Waals surface area contributed by atoms with Gasteiger partial charge in [-0.3, -0.25) is 4.99 Å². The van der Waals surface area contributed by atoms with E-state index in [1.807, 2.05) is 6.92 Å². The number of ether oxygens (including phenoxy) is 1. The van der Waals surface area contributed by atoms with Crippen LogP contribution >= 0.6 is 24.0 Å². The number of nitrogens with zero attached hydrogens (tertiary/aromatic N) is 4. The maximum absolute atomic E-state index is 5.35. The number of rotatable bonds is 10. The Labute approximate surface area is 174 Å². The highest BCUT2D eigenvalue weighted by Crippen LogP contribution is 2.15. The van der Waals surface area contributed by atoms with Gasteiger partial charge in [0.25, 0.3) is 0 Å². The first-order chi connectivity index (χ1) is 12.3. The SMILES string of the molecule is CCNC(=NCCCc1nnc2n1CCCCC2)NCCCOCC.I. The quantitative estimate of drug-likeness (QED) is 0.234. The number of aliphatic imine (C=N–C) groups is 1. The molecule has 0 aliphatic carbocycles. The lowest BCUT2D eigenvalue weighted by atomic mass is 10.2. The summed E-state index contributed by atoms with van der Waals surface area (Å²) in [4.78, 5) is 4.66. The molecule has 150 valence electrons. The van der Waals surface area contributed by atoms with Gasteiger partial charge >= 0.3 is 0 Å². The van der Waals surface area contributed by atoms with E-state index < -0.39 is 0 Å². The molecule has 8 heteroatoms. The largest absolute Gasteiger partial charge is 0.382 e. The van der Waals surface area contributed by atoms with E-state index >= 15 is 0 Å². The summed E-state index contributed by atoms with van der Waals surface area (Å²) >= 11 is 0. The molecule has 1 aromatic heterocycles. The van der Waals surface area contributed by atoms with Crippen molar-refractivity contribution in [2.24, 2.45) is 4.99 Å². The first-order valence-corrected chi connectivity index (χ1v) is 9.86. The Morgan fingerprint density at radius 3 is 2.85 bits per heavy atom. The van der Waals surface area contributed by atoms with Gasteiger partial charge in [0.05, 0.1) is 0 Å². The minimum atomic E-state index is 0. The molecule has 0 radical (unpaired) electrons. The average molecular weight is 478 g/mol. The van der Waals surface area contributed by atoms with Crippen molar-refractivity contribution in [2.45, 2.75) is 65.3 Å². The summed E-state index contributed by atoms with van der Waals surface area (Å²) in [7, 11) is 0. The Morgan fingerprint density at radius 1 is 1.15 bits per heavy atom. The molecule has 0 atom stereocenters. The zero-order chi connectivity index (χ0) is 17.7. The van der Waals surface area contributed by atoms with Crippen LogP contribution in [-0.2, 0) is 24.1 Å². The van der Waals surface area contributed by atoms with Gasteiger partial charge in [0, 0.05) is 52.2 Å². The third-order valence-electron chi connectivity index (χ3n) is 4.32. The molecule has 1 aliphatic heterocycles. The summed E-state index contributed by atoms with van der Waals surface area (Å²) in [5.41, 5.74) is 0. The predicted molar refractivity (Wildman–Crippen MR) is 116 cm³/mol. The number of hydrogen-bond donors (Lipinski definition) is 2. The van der Waals surface area contributed by atoms with Gasteiger partial charge in [-0.25, -0.2) is 0 Å². The van der Waals surface area contributed by atoms with Crippen molar-refractivity contribution in [2.75, 3.05) is 32.8 Å². The predicted octanol–water partition coefficient (Wildman–Crippen LogP) is 2.54. The summed E-state index contributed by atoms with van der Waals surface area (Å²) in [5, 5.41) is 15.4. The molecule has 26 heavy (non-hydrogen) atoms. The molecule has 0 saturated carbocycles. The minimum absolute atomic E-state index is 0. The molecule has 0 spiro atoms. The van der Waals surface area contributed by atoms with E-state index in [4.69, 9.17) is 4.74 Å². The first kappa shape index (κ1) is 23.1. The summed E-state index contributed by atoms with van der Waals surface area (Å²) in [5.74, 6) is 3.18. The standard InChI is InChI=1S/C18H34N6O.HI/c1-3-19-18(21-13-9-15-25-4-2)20-12-8-11-17-23-22-16-10-6-5-7-14-24(16)17;/h3-15H2,1-2H3,(H2,19,20,21);1H. The Bertz CT molecular complexity index is 520. The fourth-order valence-corrected chi connectivity index (χ4v) is 3.03. The lowest BCUT2D eigenvalue weighted by molar-refractivity contribution is 0.145. The number of nitrogens with one attached hydrogen (secondary N) is 2. The van der Waals surface area contributed by atoms with E-state index in [1.54, 1.807) is 0 Å². The molecule has 0 bridgehead atoms. The Morgan fingerprint density at radius 2 is 2.04 bits per heavy atom. The maximum atomic E-state index is 5.35. The smallest absolute Gasteiger partial charge is 0.191 e. The maximum Gasteiger partial charge on any atom is 0.191 e. The number of fused-ring (bicyclic) bond motifs is 1. The number of guanidine groups is 1. The molecule has 0 unspecified atom stereocenters. The van der Waals surface area contributed by atoms with Crippen LogP contribution in [0.2, 0.25) is 0 Å². The lowest BCUT2D eigenvalue weighted by Crippen LogP contribution is -2.38.